The Balaban J connectivity index is 1.58. The van der Waals surface area contributed by atoms with Gasteiger partial charge in [-0.1, -0.05) is 18.2 Å². The molecule has 1 saturated heterocycles. The summed E-state index contributed by atoms with van der Waals surface area (Å²) < 4.78 is 1.45. The number of aryl methyl sites for hydroxylation is 2. The lowest BCUT2D eigenvalue weighted by molar-refractivity contribution is 0.0724. The molecule has 6 nitrogen and oxygen atoms in total. The molecule has 28 heavy (non-hydrogen) atoms. The van der Waals surface area contributed by atoms with Crippen LogP contribution in [0.3, 0.4) is 0 Å². The highest BCUT2D eigenvalue weighted by Gasteiger charge is 2.29. The molecular formula is C22H24N4O2. The molecule has 1 aliphatic rings. The summed E-state index contributed by atoms with van der Waals surface area (Å²) in [5.74, 6) is -0.246. The zero-order chi connectivity index (χ0) is 19.8. The first-order valence-corrected chi connectivity index (χ1v) is 9.55. The summed E-state index contributed by atoms with van der Waals surface area (Å²) in [6.45, 7) is 7.97. The molecule has 0 unspecified atom stereocenters. The normalized spacial score (nSPS) is 17.2. The van der Waals surface area contributed by atoms with Crippen LogP contribution >= 0.6 is 0 Å². The molecule has 3 aromatic rings. The van der Waals surface area contributed by atoms with Crippen molar-refractivity contribution in [1.82, 2.24) is 14.3 Å². The van der Waals surface area contributed by atoms with Crippen LogP contribution in [0.25, 0.3) is 5.65 Å². The smallest absolute Gasteiger partial charge is 0.270 e. The highest BCUT2D eigenvalue weighted by Crippen LogP contribution is 2.22. The average molecular weight is 376 g/mol. The molecule has 1 amide bonds. The Bertz CT molecular complexity index is 1110. The molecule has 0 aliphatic carbocycles. The molecule has 4 rings (SSSR count). The summed E-state index contributed by atoms with van der Waals surface area (Å²) in [5.41, 5.74) is 3.68. The van der Waals surface area contributed by atoms with Gasteiger partial charge in [0.05, 0.1) is 0 Å². The van der Waals surface area contributed by atoms with Crippen molar-refractivity contribution in [2.24, 2.45) is 0 Å². The fourth-order valence-corrected chi connectivity index (χ4v) is 3.90. The van der Waals surface area contributed by atoms with Gasteiger partial charge in [0, 0.05) is 43.8 Å². The number of anilines is 1. The summed E-state index contributed by atoms with van der Waals surface area (Å²) in [7, 11) is 0. The van der Waals surface area contributed by atoms with E-state index in [0.29, 0.717) is 18.7 Å². The zero-order valence-electron chi connectivity index (χ0n) is 16.4. The van der Waals surface area contributed by atoms with Crippen LogP contribution in [0.15, 0.2) is 53.6 Å². The second-order valence-electron chi connectivity index (χ2n) is 7.49. The topological polar surface area (TPSA) is 57.9 Å². The number of nitrogens with zero attached hydrogens (tertiary/aromatic N) is 4. The first-order valence-electron chi connectivity index (χ1n) is 9.55. The van der Waals surface area contributed by atoms with E-state index in [1.807, 2.05) is 13.0 Å². The number of carbonyl (C=O) groups is 1. The number of fused-ring (bicyclic) bond motifs is 1. The maximum absolute atomic E-state index is 13.0. The predicted molar refractivity (Wildman–Crippen MR) is 110 cm³/mol. The predicted octanol–water partition coefficient (Wildman–Crippen LogP) is 2.66. The van der Waals surface area contributed by atoms with Crippen LogP contribution in [0, 0.1) is 13.8 Å². The third-order valence-corrected chi connectivity index (χ3v) is 5.41. The third kappa shape index (κ3) is 3.15. The Morgan fingerprint density at radius 3 is 2.71 bits per heavy atom. The highest BCUT2D eigenvalue weighted by molar-refractivity contribution is 5.94. The Morgan fingerprint density at radius 2 is 1.96 bits per heavy atom. The van der Waals surface area contributed by atoms with Gasteiger partial charge in [-0.25, -0.2) is 4.98 Å². The fraction of sp³-hybridized carbons (Fsp3) is 0.318. The van der Waals surface area contributed by atoms with Gasteiger partial charge in [-0.3, -0.25) is 14.0 Å². The molecule has 6 heteroatoms. The van der Waals surface area contributed by atoms with Crippen LogP contribution < -0.4 is 10.5 Å². The second kappa shape index (κ2) is 7.11. The van der Waals surface area contributed by atoms with Gasteiger partial charge in [-0.2, -0.15) is 0 Å². The lowest BCUT2D eigenvalue weighted by Crippen LogP contribution is -2.54. The summed E-state index contributed by atoms with van der Waals surface area (Å²) in [6.07, 6.45) is 3.08. The van der Waals surface area contributed by atoms with Crippen LogP contribution in [0.5, 0.6) is 0 Å². The molecule has 0 bridgehead atoms. The summed E-state index contributed by atoms with van der Waals surface area (Å²) in [6, 6.07) is 12.3. The van der Waals surface area contributed by atoms with Crippen molar-refractivity contribution in [2.45, 2.75) is 26.8 Å². The standard InChI is InChI=1S/C22H24N4O2/c1-15-6-4-8-18(12-15)25-11-10-24(14-17(25)3)21(27)19-13-23-20-16(2)7-5-9-26(20)22(19)28/h4-9,12-13,17H,10-11,14H2,1-3H3/t17-/m1/s1. The maximum Gasteiger partial charge on any atom is 0.270 e. The van der Waals surface area contributed by atoms with Gasteiger partial charge < -0.3 is 9.80 Å². The van der Waals surface area contributed by atoms with E-state index in [2.05, 4.69) is 48.0 Å². The molecule has 3 heterocycles. The van der Waals surface area contributed by atoms with Gasteiger partial charge in [-0.05, 0) is 50.1 Å². The molecule has 2 aromatic heterocycles. The van der Waals surface area contributed by atoms with Crippen LogP contribution in [-0.4, -0.2) is 45.9 Å². The van der Waals surface area contributed by atoms with E-state index < -0.39 is 0 Å². The number of amides is 1. The Labute approximate surface area is 164 Å². The summed E-state index contributed by atoms with van der Waals surface area (Å²) >= 11 is 0. The Kier molecular flexibility index (Phi) is 4.63. The van der Waals surface area contributed by atoms with E-state index in [9.17, 15) is 9.59 Å². The molecule has 1 atom stereocenters. The molecular weight excluding hydrogens is 352 g/mol. The average Bonchev–Trinajstić information content (AvgIpc) is 2.68. The van der Waals surface area contributed by atoms with E-state index in [-0.39, 0.29) is 23.1 Å². The van der Waals surface area contributed by atoms with Gasteiger partial charge in [0.1, 0.15) is 11.2 Å². The van der Waals surface area contributed by atoms with E-state index >= 15 is 0 Å². The van der Waals surface area contributed by atoms with E-state index in [1.165, 1.54) is 21.8 Å². The quantitative estimate of drug-likeness (QED) is 0.690. The van der Waals surface area contributed by atoms with Gasteiger partial charge >= 0.3 is 0 Å². The number of benzene rings is 1. The molecule has 0 saturated carbocycles. The number of hydrogen-bond acceptors (Lipinski definition) is 4. The lowest BCUT2D eigenvalue weighted by Gasteiger charge is -2.41. The minimum Gasteiger partial charge on any atom is -0.365 e. The van der Waals surface area contributed by atoms with Crippen molar-refractivity contribution in [2.75, 3.05) is 24.5 Å². The number of aromatic nitrogens is 2. The number of piperazine rings is 1. The van der Waals surface area contributed by atoms with Crippen LogP contribution in [0.4, 0.5) is 5.69 Å². The number of carbonyl (C=O) groups excluding carboxylic acids is 1. The van der Waals surface area contributed by atoms with Gasteiger partial charge in [0.25, 0.3) is 11.5 Å². The SMILES string of the molecule is Cc1cccc(N2CCN(C(=O)c3cnc4c(C)cccn4c3=O)C[C@H]2C)c1. The number of pyridine rings is 1. The molecule has 0 N–H and O–H groups in total. The highest BCUT2D eigenvalue weighted by atomic mass is 16.2. The zero-order valence-corrected chi connectivity index (χ0v) is 16.4. The first-order chi connectivity index (χ1) is 13.5. The largest absolute Gasteiger partial charge is 0.365 e. The van der Waals surface area contributed by atoms with Crippen LogP contribution in [0.2, 0.25) is 0 Å². The van der Waals surface area contributed by atoms with Crippen molar-refractivity contribution in [3.05, 3.63) is 75.8 Å². The molecule has 1 aromatic carbocycles. The van der Waals surface area contributed by atoms with E-state index in [4.69, 9.17) is 0 Å². The van der Waals surface area contributed by atoms with Crippen LogP contribution in [0.1, 0.15) is 28.4 Å². The van der Waals surface area contributed by atoms with Gasteiger partial charge in [0.15, 0.2) is 0 Å². The summed E-state index contributed by atoms with van der Waals surface area (Å²) in [4.78, 5) is 34.3. The summed E-state index contributed by atoms with van der Waals surface area (Å²) in [5, 5.41) is 0. The van der Waals surface area contributed by atoms with Crippen molar-refractivity contribution >= 4 is 17.2 Å². The van der Waals surface area contributed by atoms with Crippen molar-refractivity contribution in [1.29, 1.82) is 0 Å². The first kappa shape index (κ1) is 18.2. The molecule has 0 spiro atoms. The molecule has 1 fully saturated rings. The van der Waals surface area contributed by atoms with Gasteiger partial charge in [-0.15, -0.1) is 0 Å². The van der Waals surface area contributed by atoms with Crippen molar-refractivity contribution < 1.29 is 4.79 Å². The Morgan fingerprint density at radius 1 is 1.14 bits per heavy atom. The van der Waals surface area contributed by atoms with Crippen molar-refractivity contribution in [3.8, 4) is 0 Å². The Hall–Kier alpha value is -3.15. The van der Waals surface area contributed by atoms with Gasteiger partial charge in [0.2, 0.25) is 0 Å². The monoisotopic (exact) mass is 376 g/mol. The van der Waals surface area contributed by atoms with E-state index in [1.54, 1.807) is 17.2 Å². The van der Waals surface area contributed by atoms with Crippen molar-refractivity contribution in [3.63, 3.8) is 0 Å². The maximum atomic E-state index is 13.0. The molecule has 0 radical (unpaired) electrons. The number of rotatable bonds is 2. The minimum atomic E-state index is -0.313. The van der Waals surface area contributed by atoms with Crippen LogP contribution in [-0.2, 0) is 0 Å². The van der Waals surface area contributed by atoms with E-state index in [0.717, 1.165) is 12.1 Å². The minimum absolute atomic E-state index is 0.124. The lowest BCUT2D eigenvalue weighted by atomic mass is 10.1. The second-order valence-corrected chi connectivity index (χ2v) is 7.49. The number of hydrogen-bond donors (Lipinski definition) is 0. The molecule has 144 valence electrons. The molecule has 1 aliphatic heterocycles. The third-order valence-electron chi connectivity index (χ3n) is 5.41. The fourth-order valence-electron chi connectivity index (χ4n) is 3.90.